The molecule has 3 rings (SSSR count). The molecule has 0 atom stereocenters. The molecule has 1 aliphatic rings. The predicted molar refractivity (Wildman–Crippen MR) is 88.0 cm³/mol. The smallest absolute Gasteiger partial charge is 0.375 e. The van der Waals surface area contributed by atoms with Crippen LogP contribution in [0.25, 0.3) is 0 Å². The number of oxime groups is 1. The zero-order valence-electron chi connectivity index (χ0n) is 12.9. The maximum absolute atomic E-state index is 11.5. The predicted octanol–water partition coefficient (Wildman–Crippen LogP) is 4.14. The van der Waals surface area contributed by atoms with Gasteiger partial charge >= 0.3 is 12.1 Å². The Balaban J connectivity index is 1.65. The molecule has 1 heterocycles. The summed E-state index contributed by atoms with van der Waals surface area (Å²) in [4.78, 5) is 29.2. The number of anilines is 1. The van der Waals surface area contributed by atoms with Crippen molar-refractivity contribution in [2.75, 3.05) is 4.90 Å². The van der Waals surface area contributed by atoms with E-state index in [0.717, 1.165) is 16.0 Å². The number of hydrogen-bond donors (Lipinski definition) is 0. The maximum Gasteiger partial charge on any atom is 0.375 e. The van der Waals surface area contributed by atoms with Gasteiger partial charge in [0.05, 0.1) is 11.4 Å². The molecule has 0 aliphatic carbocycles. The van der Waals surface area contributed by atoms with Gasteiger partial charge in [0.1, 0.15) is 6.61 Å². The van der Waals surface area contributed by atoms with E-state index in [0.29, 0.717) is 18.0 Å². The number of amides is 4. The number of benzene rings is 2. The van der Waals surface area contributed by atoms with Crippen molar-refractivity contribution in [1.82, 2.24) is 0 Å². The highest BCUT2D eigenvalue weighted by atomic mass is 16.6. The van der Waals surface area contributed by atoms with Crippen molar-refractivity contribution in [3.63, 3.8) is 0 Å². The summed E-state index contributed by atoms with van der Waals surface area (Å²) in [6, 6.07) is 15.1. The first-order chi connectivity index (χ1) is 11.6. The summed E-state index contributed by atoms with van der Waals surface area (Å²) in [5.74, 6) is 0. The molecule has 7 heteroatoms. The highest BCUT2D eigenvalue weighted by molar-refractivity contribution is 6.17. The lowest BCUT2D eigenvalue weighted by molar-refractivity contribution is 0.130. The fourth-order valence-corrected chi connectivity index (χ4v) is 2.16. The van der Waals surface area contributed by atoms with Crippen LogP contribution in [0.4, 0.5) is 15.3 Å². The Labute approximate surface area is 138 Å². The second-order valence-corrected chi connectivity index (χ2v) is 5.08. The van der Waals surface area contributed by atoms with Gasteiger partial charge in [-0.25, -0.2) is 14.5 Å². The van der Waals surface area contributed by atoms with Crippen LogP contribution in [0, 0.1) is 0 Å². The van der Waals surface area contributed by atoms with Gasteiger partial charge < -0.3 is 4.84 Å². The number of carbonyl (C=O) groups excluding carboxylic acids is 2. The average Bonchev–Trinajstić information content (AvgIpc) is 2.94. The van der Waals surface area contributed by atoms with Crippen LogP contribution < -0.4 is 4.90 Å². The first-order valence-electron chi connectivity index (χ1n) is 7.26. The summed E-state index contributed by atoms with van der Waals surface area (Å²) in [5.41, 5.74) is 2.95. The fourth-order valence-electron chi connectivity index (χ4n) is 2.16. The number of imide groups is 1. The van der Waals surface area contributed by atoms with E-state index in [1.807, 2.05) is 37.3 Å². The summed E-state index contributed by atoms with van der Waals surface area (Å²) in [6.07, 6.45) is 0. The van der Waals surface area contributed by atoms with Gasteiger partial charge in [-0.3, -0.25) is 0 Å². The lowest BCUT2D eigenvalue weighted by atomic mass is 10.1. The third kappa shape index (κ3) is 3.35. The molecule has 0 aromatic heterocycles. The van der Waals surface area contributed by atoms with Crippen LogP contribution in [0.5, 0.6) is 0 Å². The lowest BCUT2D eigenvalue weighted by Gasteiger charge is -2.11. The van der Waals surface area contributed by atoms with Gasteiger partial charge in [-0.05, 0) is 30.2 Å². The summed E-state index contributed by atoms with van der Waals surface area (Å²) in [7, 11) is 0. The van der Waals surface area contributed by atoms with E-state index >= 15 is 0 Å². The number of nitrogens with zero attached hydrogens (tertiary/aromatic N) is 4. The molecule has 2 aromatic carbocycles. The van der Waals surface area contributed by atoms with E-state index < -0.39 is 12.1 Å². The van der Waals surface area contributed by atoms with E-state index in [9.17, 15) is 9.59 Å². The minimum absolute atomic E-state index is 0.385. The van der Waals surface area contributed by atoms with Crippen LogP contribution in [0.3, 0.4) is 0 Å². The van der Waals surface area contributed by atoms with Crippen LogP contribution in [0.1, 0.15) is 18.1 Å². The number of urea groups is 2. The van der Waals surface area contributed by atoms with Crippen molar-refractivity contribution in [3.8, 4) is 0 Å². The van der Waals surface area contributed by atoms with Gasteiger partial charge in [0, 0.05) is 0 Å². The topological polar surface area (TPSA) is 83.7 Å². The van der Waals surface area contributed by atoms with Crippen LogP contribution in [-0.2, 0) is 11.4 Å². The largest absolute Gasteiger partial charge is 0.391 e. The molecule has 0 spiro atoms. The number of hydrogen-bond acceptors (Lipinski definition) is 4. The quantitative estimate of drug-likeness (QED) is 0.612. The Bertz CT molecular complexity index is 795. The number of carbonyl (C=O) groups is 2. The third-order valence-corrected chi connectivity index (χ3v) is 3.42. The average molecular weight is 322 g/mol. The highest BCUT2D eigenvalue weighted by Gasteiger charge is 2.28. The van der Waals surface area contributed by atoms with E-state index in [4.69, 9.17) is 4.84 Å². The molecular formula is C17H14N4O3. The monoisotopic (exact) mass is 322 g/mol. The molecule has 120 valence electrons. The zero-order valence-corrected chi connectivity index (χ0v) is 12.9. The van der Waals surface area contributed by atoms with Crippen molar-refractivity contribution < 1.29 is 14.4 Å². The Hall–Kier alpha value is -3.35. The highest BCUT2D eigenvalue weighted by Crippen LogP contribution is 2.21. The molecule has 24 heavy (non-hydrogen) atoms. The van der Waals surface area contributed by atoms with Crippen LogP contribution in [-0.4, -0.2) is 17.8 Å². The third-order valence-electron chi connectivity index (χ3n) is 3.42. The molecular weight excluding hydrogens is 308 g/mol. The summed E-state index contributed by atoms with van der Waals surface area (Å²) >= 11 is 0. The molecule has 0 bridgehead atoms. The van der Waals surface area contributed by atoms with Gasteiger partial charge in [-0.2, -0.15) is 0 Å². The molecule has 0 radical (unpaired) electrons. The van der Waals surface area contributed by atoms with Gasteiger partial charge in [-0.1, -0.05) is 57.8 Å². The fraction of sp³-hybridized carbons (Fsp3) is 0.118. The molecule has 7 nitrogen and oxygen atoms in total. The number of rotatable bonds is 5. The van der Waals surface area contributed by atoms with E-state index in [1.165, 1.54) is 0 Å². The van der Waals surface area contributed by atoms with E-state index in [2.05, 4.69) is 15.4 Å². The Morgan fingerprint density at radius 1 is 1.00 bits per heavy atom. The van der Waals surface area contributed by atoms with E-state index in [1.54, 1.807) is 24.3 Å². The Morgan fingerprint density at radius 3 is 2.25 bits per heavy atom. The standard InChI is InChI=1S/C17H14N4O3/c1-12(20-24-11-13-5-3-2-4-6-13)14-7-9-15(10-8-14)21-16(22)18-19-17(21)23/h2-10H,11H2,1H3. The lowest BCUT2D eigenvalue weighted by Crippen LogP contribution is -2.27. The molecule has 4 amide bonds. The van der Waals surface area contributed by atoms with Crippen molar-refractivity contribution in [3.05, 3.63) is 65.7 Å². The maximum atomic E-state index is 11.5. The summed E-state index contributed by atoms with van der Waals surface area (Å²) in [5, 5.41) is 10.5. The Morgan fingerprint density at radius 2 is 1.62 bits per heavy atom. The van der Waals surface area contributed by atoms with Gasteiger partial charge in [0.25, 0.3) is 0 Å². The molecule has 0 N–H and O–H groups in total. The molecule has 0 unspecified atom stereocenters. The normalized spacial score (nSPS) is 14.4. The van der Waals surface area contributed by atoms with Gasteiger partial charge in [-0.15, -0.1) is 0 Å². The van der Waals surface area contributed by atoms with Crippen LogP contribution in [0.2, 0.25) is 0 Å². The molecule has 0 saturated heterocycles. The number of azo groups is 1. The Kier molecular flexibility index (Phi) is 4.42. The molecule has 2 aromatic rings. The summed E-state index contributed by atoms with van der Waals surface area (Å²) in [6.45, 7) is 2.20. The van der Waals surface area contributed by atoms with Gasteiger partial charge in [0.15, 0.2) is 0 Å². The zero-order chi connectivity index (χ0) is 16.9. The minimum atomic E-state index is -0.690. The van der Waals surface area contributed by atoms with Crippen LogP contribution in [0.15, 0.2) is 70.0 Å². The first-order valence-corrected chi connectivity index (χ1v) is 7.26. The second kappa shape index (κ2) is 6.82. The van der Waals surface area contributed by atoms with Crippen molar-refractivity contribution in [1.29, 1.82) is 0 Å². The summed E-state index contributed by atoms with van der Waals surface area (Å²) < 4.78 is 0. The van der Waals surface area contributed by atoms with Crippen LogP contribution >= 0.6 is 0 Å². The molecule has 0 fully saturated rings. The molecule has 1 aliphatic heterocycles. The van der Waals surface area contributed by atoms with Gasteiger partial charge in [0.2, 0.25) is 0 Å². The minimum Gasteiger partial charge on any atom is -0.391 e. The van der Waals surface area contributed by atoms with Crippen molar-refractivity contribution in [2.45, 2.75) is 13.5 Å². The first kappa shape index (κ1) is 15.5. The van der Waals surface area contributed by atoms with Crippen molar-refractivity contribution >= 4 is 23.5 Å². The van der Waals surface area contributed by atoms with Crippen molar-refractivity contribution in [2.24, 2.45) is 15.4 Å². The second-order valence-electron chi connectivity index (χ2n) is 5.08. The van der Waals surface area contributed by atoms with E-state index in [-0.39, 0.29) is 0 Å². The SMILES string of the molecule is CC(=NOCc1ccccc1)c1ccc(N2C(=O)N=NC2=O)cc1. The molecule has 0 saturated carbocycles.